The summed E-state index contributed by atoms with van der Waals surface area (Å²) in [4.78, 5) is 0. The topological polar surface area (TPSA) is 50.4 Å². The van der Waals surface area contributed by atoms with E-state index >= 15 is 0 Å². The highest BCUT2D eigenvalue weighted by molar-refractivity contribution is 6.46. The van der Waals surface area contributed by atoms with E-state index in [1.54, 1.807) is 6.33 Å². The van der Waals surface area contributed by atoms with Crippen LogP contribution in [0.1, 0.15) is 5.56 Å². The molecule has 59 valence electrons. The Labute approximate surface area is 70.1 Å². The SMILES string of the molecule is Cc1c([B]O)ccn2cnnc12. The lowest BCUT2D eigenvalue weighted by Gasteiger charge is -2.00. The van der Waals surface area contributed by atoms with Crippen molar-refractivity contribution in [3.05, 3.63) is 24.2 Å². The quantitative estimate of drug-likeness (QED) is 0.559. The zero-order valence-electron chi connectivity index (χ0n) is 6.60. The highest BCUT2D eigenvalue weighted by Crippen LogP contribution is 2.01. The Bertz CT molecular complexity index is 412. The molecule has 0 aliphatic carbocycles. The summed E-state index contributed by atoms with van der Waals surface area (Å²) in [6.07, 6.45) is 3.44. The molecule has 4 nitrogen and oxygen atoms in total. The first-order valence-corrected chi connectivity index (χ1v) is 3.59. The molecule has 0 unspecified atom stereocenters. The van der Waals surface area contributed by atoms with Gasteiger partial charge in [0, 0.05) is 6.20 Å². The molecule has 2 rings (SSSR count). The van der Waals surface area contributed by atoms with Crippen LogP contribution < -0.4 is 5.46 Å². The van der Waals surface area contributed by atoms with E-state index in [1.807, 2.05) is 23.6 Å². The summed E-state index contributed by atoms with van der Waals surface area (Å²) in [5.41, 5.74) is 2.48. The van der Waals surface area contributed by atoms with Crippen LogP contribution in [-0.2, 0) is 0 Å². The average molecular weight is 160 g/mol. The van der Waals surface area contributed by atoms with Crippen molar-refractivity contribution in [2.24, 2.45) is 0 Å². The number of pyridine rings is 1. The molecular formula is C7H7BN3O. The van der Waals surface area contributed by atoms with Gasteiger partial charge in [-0.2, -0.15) is 0 Å². The maximum absolute atomic E-state index is 8.83. The van der Waals surface area contributed by atoms with Gasteiger partial charge in [0.15, 0.2) is 5.65 Å². The van der Waals surface area contributed by atoms with E-state index in [2.05, 4.69) is 10.2 Å². The lowest BCUT2D eigenvalue weighted by molar-refractivity contribution is 0.615. The maximum Gasteiger partial charge on any atom is 0.327 e. The second-order valence-electron chi connectivity index (χ2n) is 2.59. The van der Waals surface area contributed by atoms with Crippen LogP contribution in [0.4, 0.5) is 0 Å². The van der Waals surface area contributed by atoms with Crippen molar-refractivity contribution in [2.75, 3.05) is 0 Å². The van der Waals surface area contributed by atoms with Crippen LogP contribution in [0.15, 0.2) is 18.6 Å². The molecular weight excluding hydrogens is 153 g/mol. The summed E-state index contributed by atoms with van der Waals surface area (Å²) >= 11 is 0. The summed E-state index contributed by atoms with van der Waals surface area (Å²) < 4.78 is 1.81. The highest BCUT2D eigenvalue weighted by Gasteiger charge is 2.04. The molecule has 0 aromatic carbocycles. The second kappa shape index (κ2) is 2.60. The van der Waals surface area contributed by atoms with Gasteiger partial charge < -0.3 is 5.02 Å². The predicted molar refractivity (Wildman–Crippen MR) is 45.3 cm³/mol. The molecule has 0 saturated heterocycles. The van der Waals surface area contributed by atoms with Gasteiger partial charge in [-0.1, -0.05) is 0 Å². The summed E-state index contributed by atoms with van der Waals surface area (Å²) in [7, 11) is 1.07. The van der Waals surface area contributed by atoms with E-state index in [1.165, 1.54) is 0 Å². The zero-order chi connectivity index (χ0) is 8.55. The lowest BCUT2D eigenvalue weighted by atomic mass is 9.86. The van der Waals surface area contributed by atoms with Crippen molar-refractivity contribution in [1.29, 1.82) is 0 Å². The fourth-order valence-corrected chi connectivity index (χ4v) is 1.17. The van der Waals surface area contributed by atoms with Gasteiger partial charge >= 0.3 is 7.48 Å². The molecule has 1 radical (unpaired) electrons. The Morgan fingerprint density at radius 2 is 2.42 bits per heavy atom. The minimum atomic E-state index is 0.774. The third kappa shape index (κ3) is 0.904. The van der Waals surface area contributed by atoms with Crippen LogP contribution in [0.3, 0.4) is 0 Å². The van der Waals surface area contributed by atoms with Crippen molar-refractivity contribution in [1.82, 2.24) is 14.6 Å². The molecule has 0 saturated carbocycles. The van der Waals surface area contributed by atoms with E-state index in [9.17, 15) is 0 Å². The molecule has 2 aromatic heterocycles. The van der Waals surface area contributed by atoms with Crippen molar-refractivity contribution < 1.29 is 5.02 Å². The molecule has 2 heterocycles. The number of fused-ring (bicyclic) bond motifs is 1. The van der Waals surface area contributed by atoms with Gasteiger partial charge in [-0.15, -0.1) is 10.2 Å². The van der Waals surface area contributed by atoms with Gasteiger partial charge in [-0.05, 0) is 24.0 Å². The average Bonchev–Trinajstić information content (AvgIpc) is 2.53. The van der Waals surface area contributed by atoms with Crippen molar-refractivity contribution in [3.63, 3.8) is 0 Å². The predicted octanol–water partition coefficient (Wildman–Crippen LogP) is -0.725. The first-order chi connectivity index (χ1) is 5.83. The Hall–Kier alpha value is -1.36. The van der Waals surface area contributed by atoms with E-state index in [-0.39, 0.29) is 0 Å². The van der Waals surface area contributed by atoms with Gasteiger partial charge in [-0.25, -0.2) is 0 Å². The van der Waals surface area contributed by atoms with E-state index in [0.717, 1.165) is 24.2 Å². The van der Waals surface area contributed by atoms with Gasteiger partial charge in [-0.3, -0.25) is 4.40 Å². The van der Waals surface area contributed by atoms with Crippen LogP contribution in [0, 0.1) is 6.92 Å². The van der Waals surface area contributed by atoms with Gasteiger partial charge in [0.25, 0.3) is 0 Å². The Morgan fingerprint density at radius 3 is 3.17 bits per heavy atom. The molecule has 0 spiro atoms. The Balaban J connectivity index is 2.78. The number of nitrogens with zero attached hydrogens (tertiary/aromatic N) is 3. The van der Waals surface area contributed by atoms with Crippen molar-refractivity contribution in [2.45, 2.75) is 6.92 Å². The minimum Gasteiger partial charge on any atom is -0.450 e. The Kier molecular flexibility index (Phi) is 1.58. The molecule has 1 N–H and O–H groups in total. The fraction of sp³-hybridized carbons (Fsp3) is 0.143. The maximum atomic E-state index is 8.83. The smallest absolute Gasteiger partial charge is 0.327 e. The molecule has 12 heavy (non-hydrogen) atoms. The number of hydrogen-bond donors (Lipinski definition) is 1. The van der Waals surface area contributed by atoms with Gasteiger partial charge in [0.05, 0.1) is 0 Å². The summed E-state index contributed by atoms with van der Waals surface area (Å²) in [5.74, 6) is 0. The third-order valence-corrected chi connectivity index (χ3v) is 1.90. The van der Waals surface area contributed by atoms with Crippen LogP contribution in [0.2, 0.25) is 0 Å². The molecule has 0 atom stereocenters. The summed E-state index contributed by atoms with van der Waals surface area (Å²) in [6, 6.07) is 1.81. The van der Waals surface area contributed by atoms with E-state index in [4.69, 9.17) is 5.02 Å². The molecule has 2 aromatic rings. The second-order valence-corrected chi connectivity index (χ2v) is 2.59. The molecule has 0 aliphatic heterocycles. The third-order valence-electron chi connectivity index (χ3n) is 1.90. The summed E-state index contributed by atoms with van der Waals surface area (Å²) in [5, 5.41) is 16.5. The highest BCUT2D eigenvalue weighted by atomic mass is 16.2. The van der Waals surface area contributed by atoms with Crippen molar-refractivity contribution >= 4 is 18.6 Å². The standard InChI is InChI=1S/C7H7BN3O/c1-5-6(8-12)2-3-11-4-9-10-7(5)11/h2-4,12H,1H3. The van der Waals surface area contributed by atoms with Crippen LogP contribution in [-0.4, -0.2) is 27.1 Å². The number of rotatable bonds is 1. The number of hydrogen-bond acceptors (Lipinski definition) is 3. The largest absolute Gasteiger partial charge is 0.450 e. The molecule has 0 aliphatic rings. The van der Waals surface area contributed by atoms with Crippen LogP contribution >= 0.6 is 0 Å². The molecule has 0 bridgehead atoms. The first-order valence-electron chi connectivity index (χ1n) is 3.59. The van der Waals surface area contributed by atoms with Crippen molar-refractivity contribution in [3.8, 4) is 0 Å². The number of aryl methyl sites for hydroxylation is 1. The molecule has 0 fully saturated rings. The monoisotopic (exact) mass is 160 g/mol. The number of aromatic nitrogens is 3. The summed E-state index contributed by atoms with van der Waals surface area (Å²) in [6.45, 7) is 1.89. The molecule has 0 amide bonds. The van der Waals surface area contributed by atoms with E-state index in [0.29, 0.717) is 0 Å². The first kappa shape index (κ1) is 7.30. The van der Waals surface area contributed by atoms with Gasteiger partial charge in [0.1, 0.15) is 6.33 Å². The van der Waals surface area contributed by atoms with Crippen LogP contribution in [0.25, 0.3) is 5.65 Å². The van der Waals surface area contributed by atoms with Gasteiger partial charge in [0.2, 0.25) is 0 Å². The lowest BCUT2D eigenvalue weighted by Crippen LogP contribution is -2.18. The fourth-order valence-electron chi connectivity index (χ4n) is 1.17. The normalized spacial score (nSPS) is 10.5. The molecule has 5 heteroatoms. The minimum absolute atomic E-state index is 0.774. The van der Waals surface area contributed by atoms with Crippen LogP contribution in [0.5, 0.6) is 0 Å². The zero-order valence-corrected chi connectivity index (χ0v) is 6.60. The van der Waals surface area contributed by atoms with E-state index < -0.39 is 0 Å². The Morgan fingerprint density at radius 1 is 1.58 bits per heavy atom.